The van der Waals surface area contributed by atoms with Gasteiger partial charge in [-0.3, -0.25) is 4.79 Å². The highest BCUT2D eigenvalue weighted by molar-refractivity contribution is 5.91. The highest BCUT2D eigenvalue weighted by Gasteiger charge is 2.30. The van der Waals surface area contributed by atoms with Crippen LogP contribution in [0.5, 0.6) is 11.5 Å². The number of amides is 1. The highest BCUT2D eigenvalue weighted by atomic mass is 19.4. The van der Waals surface area contributed by atoms with Crippen LogP contribution in [0.1, 0.15) is 11.4 Å². The highest BCUT2D eigenvalue weighted by Crippen LogP contribution is 2.24. The maximum atomic E-state index is 12.1. The third-order valence-electron chi connectivity index (χ3n) is 3.81. The van der Waals surface area contributed by atoms with Gasteiger partial charge in [0.05, 0.1) is 11.4 Å². The van der Waals surface area contributed by atoms with Crippen molar-refractivity contribution in [1.82, 2.24) is 9.38 Å². The summed E-state index contributed by atoms with van der Waals surface area (Å²) in [6.07, 6.45) is -3.00. The van der Waals surface area contributed by atoms with E-state index in [9.17, 15) is 18.0 Å². The number of nitrogens with zero attached hydrogens (tertiary/aromatic N) is 2. The number of ether oxygens (including phenoxy) is 2. The van der Waals surface area contributed by atoms with Gasteiger partial charge in [0, 0.05) is 11.9 Å². The van der Waals surface area contributed by atoms with E-state index in [2.05, 4.69) is 15.0 Å². The summed E-state index contributed by atoms with van der Waals surface area (Å²) in [6, 6.07) is 8.31. The van der Waals surface area contributed by atoms with E-state index in [1.54, 1.807) is 18.3 Å². The molecule has 27 heavy (non-hydrogen) atoms. The number of nitrogens with one attached hydrogen (secondary N) is 1. The number of hydrogen-bond donors (Lipinski definition) is 1. The molecule has 0 bridgehead atoms. The second-order valence-electron chi connectivity index (χ2n) is 5.78. The van der Waals surface area contributed by atoms with Crippen LogP contribution in [0.3, 0.4) is 0 Å². The van der Waals surface area contributed by atoms with Crippen molar-refractivity contribution in [1.29, 1.82) is 0 Å². The summed E-state index contributed by atoms with van der Waals surface area (Å²) in [5, 5.41) is 2.70. The van der Waals surface area contributed by atoms with Crippen LogP contribution in [0, 0.1) is 13.8 Å². The average molecular weight is 379 g/mol. The van der Waals surface area contributed by atoms with E-state index in [0.717, 1.165) is 29.2 Å². The lowest BCUT2D eigenvalue weighted by Gasteiger charge is -2.10. The van der Waals surface area contributed by atoms with Crippen LogP contribution in [-0.2, 0) is 4.79 Å². The van der Waals surface area contributed by atoms with Gasteiger partial charge in [0.15, 0.2) is 6.61 Å². The number of carbonyl (C=O) groups is 1. The van der Waals surface area contributed by atoms with Gasteiger partial charge in [-0.2, -0.15) is 0 Å². The smallest absolute Gasteiger partial charge is 0.484 e. The first-order chi connectivity index (χ1) is 12.7. The van der Waals surface area contributed by atoms with Crippen LogP contribution >= 0.6 is 0 Å². The van der Waals surface area contributed by atoms with Gasteiger partial charge < -0.3 is 19.2 Å². The van der Waals surface area contributed by atoms with E-state index in [1.165, 1.54) is 12.1 Å². The molecular formula is C18H16F3N3O3. The van der Waals surface area contributed by atoms with Gasteiger partial charge in [0.2, 0.25) is 0 Å². The van der Waals surface area contributed by atoms with E-state index >= 15 is 0 Å². The van der Waals surface area contributed by atoms with Crippen LogP contribution < -0.4 is 14.8 Å². The Labute approximate surface area is 152 Å². The molecule has 0 atom stereocenters. The minimum Gasteiger partial charge on any atom is -0.484 e. The number of anilines is 1. The molecule has 0 radical (unpaired) electrons. The Balaban J connectivity index is 1.57. The lowest BCUT2D eigenvalue weighted by Crippen LogP contribution is -2.20. The van der Waals surface area contributed by atoms with Crippen molar-refractivity contribution in [3.63, 3.8) is 0 Å². The summed E-state index contributed by atoms with van der Waals surface area (Å²) in [7, 11) is 0. The third-order valence-corrected chi connectivity index (χ3v) is 3.81. The molecule has 0 aliphatic rings. The largest absolute Gasteiger partial charge is 0.573 e. The van der Waals surface area contributed by atoms with Gasteiger partial charge in [-0.25, -0.2) is 4.98 Å². The predicted octanol–water partition coefficient (Wildman–Crippen LogP) is 3.87. The number of imidazole rings is 1. The van der Waals surface area contributed by atoms with Crippen LogP contribution in [0.15, 0.2) is 42.6 Å². The van der Waals surface area contributed by atoms with E-state index in [0.29, 0.717) is 5.69 Å². The zero-order chi connectivity index (χ0) is 19.6. The molecular weight excluding hydrogens is 363 g/mol. The fourth-order valence-corrected chi connectivity index (χ4v) is 2.44. The molecule has 3 rings (SSSR count). The number of fused-ring (bicyclic) bond motifs is 1. The average Bonchev–Trinajstić information content (AvgIpc) is 2.87. The number of alkyl halides is 3. The van der Waals surface area contributed by atoms with Crippen LogP contribution in [0.25, 0.3) is 5.65 Å². The SMILES string of the molecule is Cc1nc2ccc(NC(=O)COc3ccc(OC(F)(F)F)cc3)cn2c1C. The zero-order valence-electron chi connectivity index (χ0n) is 14.5. The van der Waals surface area contributed by atoms with Gasteiger partial charge in [-0.15, -0.1) is 13.2 Å². The van der Waals surface area contributed by atoms with E-state index in [1.807, 2.05) is 18.2 Å². The summed E-state index contributed by atoms with van der Waals surface area (Å²) in [5.41, 5.74) is 3.23. The van der Waals surface area contributed by atoms with Crippen molar-refractivity contribution in [2.24, 2.45) is 0 Å². The minimum absolute atomic E-state index is 0.246. The second-order valence-corrected chi connectivity index (χ2v) is 5.78. The van der Waals surface area contributed by atoms with Crippen LogP contribution in [0.2, 0.25) is 0 Å². The molecule has 3 aromatic rings. The molecule has 0 aliphatic heterocycles. The molecule has 0 saturated heterocycles. The van der Waals surface area contributed by atoms with Crippen molar-refractivity contribution >= 4 is 17.2 Å². The number of benzene rings is 1. The minimum atomic E-state index is -4.75. The number of pyridine rings is 1. The number of carbonyl (C=O) groups excluding carboxylic acids is 1. The van der Waals surface area contributed by atoms with E-state index < -0.39 is 12.3 Å². The molecule has 0 fully saturated rings. The Morgan fingerprint density at radius 2 is 1.78 bits per heavy atom. The van der Waals surface area contributed by atoms with Crippen LogP contribution in [0.4, 0.5) is 18.9 Å². The molecule has 0 unspecified atom stereocenters. The van der Waals surface area contributed by atoms with Crippen molar-refractivity contribution in [2.45, 2.75) is 20.2 Å². The normalized spacial score (nSPS) is 11.4. The Kier molecular flexibility index (Phi) is 4.93. The Hall–Kier alpha value is -3.23. The Morgan fingerprint density at radius 1 is 1.11 bits per heavy atom. The van der Waals surface area contributed by atoms with Gasteiger partial charge in [-0.1, -0.05) is 0 Å². The van der Waals surface area contributed by atoms with Gasteiger partial charge in [0.25, 0.3) is 5.91 Å². The Bertz CT molecular complexity index is 966. The van der Waals surface area contributed by atoms with Gasteiger partial charge in [0.1, 0.15) is 17.1 Å². The predicted molar refractivity (Wildman–Crippen MR) is 91.9 cm³/mol. The summed E-state index contributed by atoms with van der Waals surface area (Å²) in [5.74, 6) is -0.519. The number of halogens is 3. The van der Waals surface area contributed by atoms with Crippen LogP contribution in [-0.4, -0.2) is 28.3 Å². The van der Waals surface area contributed by atoms with Gasteiger partial charge in [-0.05, 0) is 50.2 Å². The lowest BCUT2D eigenvalue weighted by molar-refractivity contribution is -0.274. The molecule has 0 saturated carbocycles. The number of rotatable bonds is 5. The molecule has 2 aromatic heterocycles. The summed E-state index contributed by atoms with van der Waals surface area (Å²) >= 11 is 0. The fourth-order valence-electron chi connectivity index (χ4n) is 2.44. The number of aromatic nitrogens is 2. The lowest BCUT2D eigenvalue weighted by atomic mass is 10.3. The molecule has 2 heterocycles. The Morgan fingerprint density at radius 3 is 2.44 bits per heavy atom. The van der Waals surface area contributed by atoms with Crippen molar-refractivity contribution < 1.29 is 27.4 Å². The molecule has 142 valence electrons. The molecule has 1 aromatic carbocycles. The molecule has 1 amide bonds. The van der Waals surface area contributed by atoms with Crippen molar-refractivity contribution in [2.75, 3.05) is 11.9 Å². The van der Waals surface area contributed by atoms with Gasteiger partial charge >= 0.3 is 6.36 Å². The number of aryl methyl sites for hydroxylation is 2. The zero-order valence-corrected chi connectivity index (χ0v) is 14.5. The second kappa shape index (κ2) is 7.18. The van der Waals surface area contributed by atoms with Crippen molar-refractivity contribution in [3.05, 3.63) is 54.0 Å². The quantitative estimate of drug-likeness (QED) is 0.731. The molecule has 9 heteroatoms. The number of hydrogen-bond acceptors (Lipinski definition) is 4. The van der Waals surface area contributed by atoms with E-state index in [4.69, 9.17) is 4.74 Å². The molecule has 1 N–H and O–H groups in total. The van der Waals surface area contributed by atoms with E-state index in [-0.39, 0.29) is 18.1 Å². The first-order valence-corrected chi connectivity index (χ1v) is 7.95. The standard InChI is InChI=1S/C18H16F3N3O3/c1-11-12(2)24-9-13(3-8-16(24)22-11)23-17(25)10-26-14-4-6-15(7-5-14)27-18(19,20)21/h3-9H,10H2,1-2H3,(H,23,25). The fraction of sp³-hybridized carbons (Fsp3) is 0.222. The maximum absolute atomic E-state index is 12.1. The summed E-state index contributed by atoms with van der Waals surface area (Å²) in [4.78, 5) is 16.4. The summed E-state index contributed by atoms with van der Waals surface area (Å²) < 4.78 is 47.2. The maximum Gasteiger partial charge on any atom is 0.573 e. The first-order valence-electron chi connectivity index (χ1n) is 7.95. The molecule has 6 nitrogen and oxygen atoms in total. The summed E-state index contributed by atoms with van der Waals surface area (Å²) in [6.45, 7) is 3.54. The first kappa shape index (κ1) is 18.6. The topological polar surface area (TPSA) is 64.9 Å². The monoisotopic (exact) mass is 379 g/mol. The third kappa shape index (κ3) is 4.69. The molecule has 0 aliphatic carbocycles. The molecule has 0 spiro atoms. The van der Waals surface area contributed by atoms with Crippen molar-refractivity contribution in [3.8, 4) is 11.5 Å².